The van der Waals surface area contributed by atoms with Crippen molar-refractivity contribution in [2.45, 2.75) is 76.6 Å². The Kier molecular flexibility index (Phi) is 10.2. The van der Waals surface area contributed by atoms with Crippen molar-refractivity contribution < 1.29 is 41.4 Å². The molecule has 2 aliphatic rings. The molecule has 0 bridgehead atoms. The van der Waals surface area contributed by atoms with Gasteiger partial charge in [0, 0.05) is 49.2 Å². The molecule has 2 aliphatic carbocycles. The summed E-state index contributed by atoms with van der Waals surface area (Å²) in [5.74, 6) is -3.56. The Hall–Kier alpha value is -4.06. The van der Waals surface area contributed by atoms with Crippen molar-refractivity contribution in [3.63, 3.8) is 0 Å². The first-order valence-electron chi connectivity index (χ1n) is 15.4. The number of hydrogen-bond acceptors (Lipinski definition) is 7. The molecule has 2 fully saturated rings. The Morgan fingerprint density at radius 2 is 1.65 bits per heavy atom. The van der Waals surface area contributed by atoms with Crippen LogP contribution in [-0.4, -0.2) is 48.2 Å². The molecule has 246 valence electrons. The maximum atomic E-state index is 15.9. The number of esters is 1. The van der Waals surface area contributed by atoms with Crippen molar-refractivity contribution in [2.75, 3.05) is 19.1 Å². The Balaban J connectivity index is 1.55. The number of nitrogens with zero attached hydrogens (tertiary/aromatic N) is 3. The van der Waals surface area contributed by atoms with Gasteiger partial charge in [0.2, 0.25) is 11.8 Å². The molecule has 0 N–H and O–H groups in total. The van der Waals surface area contributed by atoms with Gasteiger partial charge in [0.05, 0.1) is 30.2 Å². The summed E-state index contributed by atoms with van der Waals surface area (Å²) in [7, 11) is 2.76. The normalized spacial score (nSPS) is 21.8. The standard InChI is InChI=1S/C34H37F4N3O5/c1-20-7-9-21(10-8-20)32(42)41(23-11-13-24(44-2)14-12-23)29-18-27(35)30(17-25(29)33(43)45-3)46-31-26(34(36,37)38)16-22(19-40-31)28-6-4-5-15-39-28/h4-6,15-21,23-24H,7-14H2,1-3H3. The summed E-state index contributed by atoms with van der Waals surface area (Å²) >= 11 is 0. The highest BCUT2D eigenvalue weighted by Crippen LogP contribution is 2.42. The number of carbonyl (C=O) groups excluding carboxylic acids is 2. The average Bonchev–Trinajstić information content (AvgIpc) is 3.06. The monoisotopic (exact) mass is 643 g/mol. The van der Waals surface area contributed by atoms with E-state index < -0.39 is 35.2 Å². The fourth-order valence-corrected chi connectivity index (χ4v) is 6.35. The number of aromatic nitrogens is 2. The fourth-order valence-electron chi connectivity index (χ4n) is 6.35. The molecule has 1 amide bonds. The number of ether oxygens (including phenoxy) is 3. The number of hydrogen-bond donors (Lipinski definition) is 0. The number of rotatable bonds is 8. The molecular formula is C34H37F4N3O5. The summed E-state index contributed by atoms with van der Waals surface area (Å²) in [6, 6.07) is 7.21. The van der Waals surface area contributed by atoms with Gasteiger partial charge in [-0.2, -0.15) is 13.2 Å². The van der Waals surface area contributed by atoms with Gasteiger partial charge >= 0.3 is 12.1 Å². The third-order valence-electron chi connectivity index (χ3n) is 8.98. The van der Waals surface area contributed by atoms with Gasteiger partial charge in [-0.25, -0.2) is 14.2 Å². The largest absolute Gasteiger partial charge is 0.465 e. The highest BCUT2D eigenvalue weighted by atomic mass is 19.4. The molecule has 2 aromatic heterocycles. The van der Waals surface area contributed by atoms with Crippen LogP contribution in [0.15, 0.2) is 48.8 Å². The second-order valence-electron chi connectivity index (χ2n) is 12.0. The van der Waals surface area contributed by atoms with Crippen LogP contribution < -0.4 is 9.64 Å². The van der Waals surface area contributed by atoms with Crippen molar-refractivity contribution >= 4 is 17.6 Å². The second-order valence-corrected chi connectivity index (χ2v) is 12.0. The van der Waals surface area contributed by atoms with Crippen LogP contribution in [0.25, 0.3) is 11.3 Å². The van der Waals surface area contributed by atoms with Crippen molar-refractivity contribution in [1.29, 1.82) is 0 Å². The van der Waals surface area contributed by atoms with Crippen LogP contribution in [0.4, 0.5) is 23.2 Å². The topological polar surface area (TPSA) is 90.9 Å². The number of halogens is 4. The summed E-state index contributed by atoms with van der Waals surface area (Å²) in [6.45, 7) is 2.14. The van der Waals surface area contributed by atoms with Gasteiger partial charge in [-0.3, -0.25) is 9.78 Å². The van der Waals surface area contributed by atoms with Crippen LogP contribution in [-0.2, 0) is 20.4 Å². The summed E-state index contributed by atoms with van der Waals surface area (Å²) < 4.78 is 74.3. The minimum absolute atomic E-state index is 0.00399. The molecule has 0 unspecified atom stereocenters. The molecule has 0 radical (unpaired) electrons. The number of anilines is 1. The van der Waals surface area contributed by atoms with Crippen molar-refractivity contribution in [3.8, 4) is 22.9 Å². The van der Waals surface area contributed by atoms with E-state index in [4.69, 9.17) is 14.2 Å². The van der Waals surface area contributed by atoms with Crippen molar-refractivity contribution in [3.05, 3.63) is 65.7 Å². The molecular weight excluding hydrogens is 606 g/mol. The summed E-state index contributed by atoms with van der Waals surface area (Å²) in [6.07, 6.45) is 3.25. The van der Waals surface area contributed by atoms with E-state index in [0.29, 0.717) is 44.4 Å². The molecule has 1 aromatic carbocycles. The van der Waals surface area contributed by atoms with E-state index in [9.17, 15) is 22.8 Å². The molecule has 0 atom stereocenters. The van der Waals surface area contributed by atoms with Gasteiger partial charge in [-0.1, -0.05) is 13.0 Å². The molecule has 3 aromatic rings. The Morgan fingerprint density at radius 1 is 0.935 bits per heavy atom. The number of methoxy groups -OCH3 is 2. The van der Waals surface area contributed by atoms with E-state index >= 15 is 4.39 Å². The Morgan fingerprint density at radius 3 is 2.26 bits per heavy atom. The number of amides is 1. The van der Waals surface area contributed by atoms with Crippen LogP contribution in [0.2, 0.25) is 0 Å². The second kappa shape index (κ2) is 14.1. The molecule has 5 rings (SSSR count). The average molecular weight is 644 g/mol. The highest BCUT2D eigenvalue weighted by molar-refractivity contribution is 6.04. The lowest BCUT2D eigenvalue weighted by Crippen LogP contribution is -2.47. The molecule has 0 aliphatic heterocycles. The molecule has 0 spiro atoms. The first-order chi connectivity index (χ1) is 22.0. The lowest BCUT2D eigenvalue weighted by atomic mass is 9.81. The van der Waals surface area contributed by atoms with E-state index in [1.165, 1.54) is 17.2 Å². The molecule has 0 saturated heterocycles. The quantitative estimate of drug-likeness (QED) is 0.182. The lowest BCUT2D eigenvalue weighted by molar-refractivity contribution is -0.138. The lowest BCUT2D eigenvalue weighted by Gasteiger charge is -2.40. The van der Waals surface area contributed by atoms with E-state index in [0.717, 1.165) is 44.3 Å². The smallest absolute Gasteiger partial charge is 0.421 e. The molecule has 8 nitrogen and oxygen atoms in total. The highest BCUT2D eigenvalue weighted by Gasteiger charge is 2.39. The molecule has 12 heteroatoms. The Bertz CT molecular complexity index is 1540. The van der Waals surface area contributed by atoms with Gasteiger partial charge in [0.15, 0.2) is 11.6 Å². The Labute approximate surface area is 265 Å². The third-order valence-corrected chi connectivity index (χ3v) is 8.98. The molecule has 2 saturated carbocycles. The summed E-state index contributed by atoms with van der Waals surface area (Å²) in [5, 5.41) is 0. The zero-order valence-electron chi connectivity index (χ0n) is 26.0. The van der Waals surface area contributed by atoms with Gasteiger partial charge in [-0.05, 0) is 75.5 Å². The van der Waals surface area contributed by atoms with Gasteiger partial charge in [0.25, 0.3) is 0 Å². The van der Waals surface area contributed by atoms with Crippen LogP contribution >= 0.6 is 0 Å². The minimum atomic E-state index is -4.91. The van der Waals surface area contributed by atoms with Crippen LogP contribution in [0.5, 0.6) is 11.6 Å². The number of benzene rings is 1. The number of carbonyl (C=O) groups is 2. The van der Waals surface area contributed by atoms with Gasteiger partial charge < -0.3 is 19.1 Å². The first kappa shape index (κ1) is 33.3. The van der Waals surface area contributed by atoms with Gasteiger partial charge in [-0.15, -0.1) is 0 Å². The predicted octanol–water partition coefficient (Wildman–Crippen LogP) is 8.00. The fraction of sp³-hybridized carbons (Fsp3) is 0.471. The molecule has 46 heavy (non-hydrogen) atoms. The maximum Gasteiger partial charge on any atom is 0.421 e. The van der Waals surface area contributed by atoms with Crippen LogP contribution in [0.1, 0.15) is 74.2 Å². The maximum absolute atomic E-state index is 15.9. The molecule has 2 heterocycles. The SMILES string of the molecule is COC(=O)c1cc(Oc2ncc(-c3ccccn3)cc2C(F)(F)F)c(F)cc1N(C(=O)C1CCC(C)CC1)C1CCC(OC)CC1. The number of pyridine rings is 2. The van der Waals surface area contributed by atoms with E-state index in [-0.39, 0.29) is 46.5 Å². The van der Waals surface area contributed by atoms with E-state index in [2.05, 4.69) is 16.9 Å². The van der Waals surface area contributed by atoms with Gasteiger partial charge in [0.1, 0.15) is 5.56 Å². The summed E-state index contributed by atoms with van der Waals surface area (Å²) in [4.78, 5) is 36.7. The van der Waals surface area contributed by atoms with Crippen molar-refractivity contribution in [2.24, 2.45) is 11.8 Å². The zero-order chi connectivity index (χ0) is 33.0. The zero-order valence-corrected chi connectivity index (χ0v) is 26.0. The van der Waals surface area contributed by atoms with Crippen molar-refractivity contribution in [1.82, 2.24) is 9.97 Å². The summed E-state index contributed by atoms with van der Waals surface area (Å²) in [5.41, 5.74) is -1.12. The van der Waals surface area contributed by atoms with E-state index in [1.54, 1.807) is 19.2 Å². The minimum Gasteiger partial charge on any atom is -0.465 e. The first-order valence-corrected chi connectivity index (χ1v) is 15.4. The van der Waals surface area contributed by atoms with E-state index in [1.807, 2.05) is 0 Å². The van der Waals surface area contributed by atoms with Crippen LogP contribution in [0, 0.1) is 17.7 Å². The third kappa shape index (κ3) is 7.32. The number of alkyl halides is 3. The predicted molar refractivity (Wildman–Crippen MR) is 162 cm³/mol. The van der Waals surface area contributed by atoms with Crippen LogP contribution in [0.3, 0.4) is 0 Å².